The van der Waals surface area contributed by atoms with Crippen LogP contribution in [-0.4, -0.2) is 59.6 Å². The van der Waals surface area contributed by atoms with Gasteiger partial charge in [-0.1, -0.05) is 54.6 Å². The number of ether oxygens (including phenoxy) is 2. The van der Waals surface area contributed by atoms with Crippen LogP contribution in [0.15, 0.2) is 54.6 Å². The maximum Gasteiger partial charge on any atom is 0.326 e. The highest BCUT2D eigenvalue weighted by atomic mass is 16.6. The summed E-state index contributed by atoms with van der Waals surface area (Å²) in [5.74, 6) is -1.07. The summed E-state index contributed by atoms with van der Waals surface area (Å²) in [6, 6.07) is 16.5. The van der Waals surface area contributed by atoms with Gasteiger partial charge in [-0.3, -0.25) is 19.7 Å². The summed E-state index contributed by atoms with van der Waals surface area (Å²) >= 11 is 0. The molecular formula is C30H40N2O5. The van der Waals surface area contributed by atoms with E-state index in [1.54, 1.807) is 18.7 Å². The van der Waals surface area contributed by atoms with Crippen molar-refractivity contribution < 1.29 is 23.9 Å². The summed E-state index contributed by atoms with van der Waals surface area (Å²) in [6.45, 7) is 9.04. The Morgan fingerprint density at radius 3 is 2.16 bits per heavy atom. The Bertz CT molecular complexity index is 1040. The van der Waals surface area contributed by atoms with Gasteiger partial charge in [-0.15, -0.1) is 0 Å². The van der Waals surface area contributed by atoms with Gasteiger partial charge in [0.05, 0.1) is 12.6 Å². The van der Waals surface area contributed by atoms with E-state index in [1.165, 1.54) is 11.1 Å². The Labute approximate surface area is 220 Å². The molecule has 0 spiro atoms. The molecule has 2 aromatic carbocycles. The minimum atomic E-state index is -0.698. The number of fused-ring (bicyclic) bond motifs is 1. The van der Waals surface area contributed by atoms with Crippen molar-refractivity contribution in [3.05, 3.63) is 71.3 Å². The van der Waals surface area contributed by atoms with Crippen LogP contribution in [0.5, 0.6) is 0 Å². The molecule has 7 heteroatoms. The normalized spacial score (nSPS) is 14.9. The zero-order chi connectivity index (χ0) is 27.0. The van der Waals surface area contributed by atoms with Crippen molar-refractivity contribution in [2.45, 2.75) is 84.0 Å². The second-order valence-corrected chi connectivity index (χ2v) is 10.6. The number of carbonyl (C=O) groups is 3. The van der Waals surface area contributed by atoms with E-state index in [0.717, 1.165) is 5.56 Å². The summed E-state index contributed by atoms with van der Waals surface area (Å²) in [5.41, 5.74) is 2.82. The van der Waals surface area contributed by atoms with E-state index in [9.17, 15) is 14.4 Å². The van der Waals surface area contributed by atoms with Crippen molar-refractivity contribution in [2.75, 3.05) is 13.2 Å². The van der Waals surface area contributed by atoms with Crippen LogP contribution in [0.4, 0.5) is 0 Å². The van der Waals surface area contributed by atoms with Crippen LogP contribution in [0.1, 0.15) is 57.7 Å². The number of carbonyl (C=O) groups excluding carboxylic acids is 3. The van der Waals surface area contributed by atoms with E-state index in [4.69, 9.17) is 9.47 Å². The molecule has 37 heavy (non-hydrogen) atoms. The number of hydrogen-bond donors (Lipinski definition) is 1. The first-order valence-electron chi connectivity index (χ1n) is 13.1. The van der Waals surface area contributed by atoms with Crippen molar-refractivity contribution in [3.8, 4) is 0 Å². The lowest BCUT2D eigenvalue weighted by atomic mass is 10.0. The third-order valence-electron chi connectivity index (χ3n) is 6.43. The van der Waals surface area contributed by atoms with Gasteiger partial charge in [0.15, 0.2) is 0 Å². The summed E-state index contributed by atoms with van der Waals surface area (Å²) in [6.07, 6.45) is 2.50. The first-order chi connectivity index (χ1) is 17.6. The van der Waals surface area contributed by atoms with Crippen LogP contribution in [0.3, 0.4) is 0 Å². The van der Waals surface area contributed by atoms with Crippen LogP contribution < -0.4 is 5.32 Å². The smallest absolute Gasteiger partial charge is 0.326 e. The van der Waals surface area contributed by atoms with Gasteiger partial charge in [-0.05, 0) is 77.0 Å². The highest BCUT2D eigenvalue weighted by Crippen LogP contribution is 2.26. The minimum Gasteiger partial charge on any atom is -0.465 e. The molecule has 1 aliphatic rings. The Hall–Kier alpha value is -3.19. The van der Waals surface area contributed by atoms with Gasteiger partial charge in [0, 0.05) is 6.04 Å². The van der Waals surface area contributed by atoms with Gasteiger partial charge in [-0.2, -0.15) is 0 Å². The lowest BCUT2D eigenvalue weighted by molar-refractivity contribution is -0.160. The third-order valence-corrected chi connectivity index (χ3v) is 6.43. The van der Waals surface area contributed by atoms with Crippen LogP contribution in [-0.2, 0) is 43.1 Å². The zero-order valence-electron chi connectivity index (χ0n) is 22.7. The largest absolute Gasteiger partial charge is 0.465 e. The highest BCUT2D eigenvalue weighted by molar-refractivity contribution is 5.87. The number of nitrogens with one attached hydrogen (secondary N) is 1. The lowest BCUT2D eigenvalue weighted by Gasteiger charge is -2.33. The molecule has 1 aliphatic carbocycles. The van der Waals surface area contributed by atoms with Gasteiger partial charge in [0.25, 0.3) is 0 Å². The number of aryl methyl sites for hydroxylation is 1. The highest BCUT2D eigenvalue weighted by Gasteiger charge is 2.35. The maximum atomic E-state index is 13.8. The number of benzene rings is 2. The van der Waals surface area contributed by atoms with Crippen LogP contribution in [0, 0.1) is 0 Å². The Kier molecular flexibility index (Phi) is 9.86. The van der Waals surface area contributed by atoms with Crippen molar-refractivity contribution in [3.63, 3.8) is 0 Å². The van der Waals surface area contributed by atoms with Gasteiger partial charge in [-0.25, -0.2) is 0 Å². The molecule has 0 saturated heterocycles. The molecule has 1 amide bonds. The maximum absolute atomic E-state index is 13.8. The predicted molar refractivity (Wildman–Crippen MR) is 143 cm³/mol. The summed E-state index contributed by atoms with van der Waals surface area (Å²) in [4.78, 5) is 40.9. The van der Waals surface area contributed by atoms with Crippen LogP contribution in [0.25, 0.3) is 0 Å². The number of hydrogen-bond acceptors (Lipinski definition) is 6. The van der Waals surface area contributed by atoms with E-state index >= 15 is 0 Å². The number of rotatable bonds is 11. The quantitative estimate of drug-likeness (QED) is 0.464. The third kappa shape index (κ3) is 8.42. The molecule has 200 valence electrons. The van der Waals surface area contributed by atoms with E-state index in [-0.39, 0.29) is 31.1 Å². The number of nitrogens with zero attached hydrogens (tertiary/aromatic N) is 1. The Morgan fingerprint density at radius 2 is 1.59 bits per heavy atom. The van der Waals surface area contributed by atoms with Gasteiger partial charge >= 0.3 is 11.9 Å². The minimum absolute atomic E-state index is 0.144. The molecule has 1 N–H and O–H groups in total. The topological polar surface area (TPSA) is 84.9 Å². The van der Waals surface area contributed by atoms with Crippen molar-refractivity contribution in [2.24, 2.45) is 0 Å². The van der Waals surface area contributed by atoms with Crippen molar-refractivity contribution in [1.82, 2.24) is 10.2 Å². The fraction of sp³-hybridized carbons (Fsp3) is 0.500. The molecule has 7 nitrogen and oxygen atoms in total. The monoisotopic (exact) mass is 508 g/mol. The number of esters is 2. The fourth-order valence-electron chi connectivity index (χ4n) is 4.75. The van der Waals surface area contributed by atoms with E-state index in [0.29, 0.717) is 25.7 Å². The Balaban J connectivity index is 1.75. The molecule has 0 fully saturated rings. The zero-order valence-corrected chi connectivity index (χ0v) is 22.7. The second kappa shape index (κ2) is 12.9. The molecule has 3 rings (SSSR count). The molecule has 0 aliphatic heterocycles. The van der Waals surface area contributed by atoms with Crippen molar-refractivity contribution >= 4 is 17.8 Å². The molecule has 1 unspecified atom stereocenters. The lowest BCUT2D eigenvalue weighted by Crippen LogP contribution is -2.55. The summed E-state index contributed by atoms with van der Waals surface area (Å²) < 4.78 is 10.8. The molecular weight excluding hydrogens is 468 g/mol. The fourth-order valence-corrected chi connectivity index (χ4v) is 4.75. The SMILES string of the molecule is CCOC(=O)C(CCc1ccccc1)N[C@@H](C)C(=O)N(CC(=O)OC(C)(C)C)C1Cc2ccccc2C1. The van der Waals surface area contributed by atoms with E-state index < -0.39 is 23.7 Å². The second-order valence-electron chi connectivity index (χ2n) is 10.6. The van der Waals surface area contributed by atoms with Gasteiger partial charge < -0.3 is 14.4 Å². The summed E-state index contributed by atoms with van der Waals surface area (Å²) in [5, 5.41) is 3.20. The van der Waals surface area contributed by atoms with Gasteiger partial charge in [0.2, 0.25) is 5.91 Å². The van der Waals surface area contributed by atoms with E-state index in [1.807, 2.05) is 63.2 Å². The van der Waals surface area contributed by atoms with Gasteiger partial charge in [0.1, 0.15) is 18.2 Å². The average molecular weight is 509 g/mol. The average Bonchev–Trinajstić information content (AvgIpc) is 3.28. The standard InChI is InChI=1S/C30H40N2O5/c1-6-36-29(35)26(17-16-22-12-8-7-9-13-22)31-21(2)28(34)32(20-27(33)37-30(3,4)5)25-18-23-14-10-11-15-24(23)19-25/h7-15,21,25-26,31H,6,16-20H2,1-5H3/t21-,26?/m0/s1. The molecule has 0 heterocycles. The molecule has 0 radical (unpaired) electrons. The summed E-state index contributed by atoms with van der Waals surface area (Å²) in [7, 11) is 0. The van der Waals surface area contributed by atoms with Crippen LogP contribution in [0.2, 0.25) is 0 Å². The molecule has 2 aromatic rings. The Morgan fingerprint density at radius 1 is 1.00 bits per heavy atom. The van der Waals surface area contributed by atoms with Crippen LogP contribution >= 0.6 is 0 Å². The first-order valence-corrected chi connectivity index (χ1v) is 13.1. The molecule has 2 atom stereocenters. The predicted octanol–water partition coefficient (Wildman–Crippen LogP) is 3.87. The van der Waals surface area contributed by atoms with Crippen molar-refractivity contribution in [1.29, 1.82) is 0 Å². The molecule has 0 bridgehead atoms. The van der Waals surface area contributed by atoms with E-state index in [2.05, 4.69) is 17.4 Å². The first kappa shape index (κ1) is 28.4. The molecule has 0 saturated carbocycles. The number of amides is 1. The molecule has 0 aromatic heterocycles.